The summed E-state index contributed by atoms with van der Waals surface area (Å²) in [7, 11) is 1.95. The quantitative estimate of drug-likeness (QED) is 0.772. The molecule has 1 aromatic heterocycles. The van der Waals surface area contributed by atoms with Crippen molar-refractivity contribution in [2.24, 2.45) is 13.0 Å². The fourth-order valence-electron chi connectivity index (χ4n) is 1.65. The van der Waals surface area contributed by atoms with Crippen LogP contribution in [-0.4, -0.2) is 21.7 Å². The van der Waals surface area contributed by atoms with Crippen LogP contribution in [0.1, 0.15) is 25.8 Å². The van der Waals surface area contributed by atoms with E-state index in [9.17, 15) is 4.79 Å². The molecule has 0 amide bonds. The molecule has 1 aromatic rings. The Kier molecular flexibility index (Phi) is 4.55. The fourth-order valence-corrected chi connectivity index (χ4v) is 1.65. The third-order valence-electron chi connectivity index (χ3n) is 2.45. The second kappa shape index (κ2) is 5.70. The van der Waals surface area contributed by atoms with E-state index in [0.29, 0.717) is 18.9 Å². The minimum Gasteiger partial charge on any atom is -0.480 e. The van der Waals surface area contributed by atoms with Gasteiger partial charge in [0.1, 0.15) is 6.04 Å². The summed E-state index contributed by atoms with van der Waals surface area (Å²) < 4.78 is 1.95. The molecule has 4 heteroatoms. The fraction of sp³-hybridized carbons (Fsp3) is 0.583. The zero-order valence-electron chi connectivity index (χ0n) is 10.1. The Morgan fingerprint density at radius 3 is 2.69 bits per heavy atom. The maximum Gasteiger partial charge on any atom is 0.320 e. The monoisotopic (exact) mass is 224 g/mol. The topological polar surface area (TPSA) is 54.3 Å². The van der Waals surface area contributed by atoms with Gasteiger partial charge < -0.3 is 15.0 Å². The van der Waals surface area contributed by atoms with E-state index < -0.39 is 12.0 Å². The van der Waals surface area contributed by atoms with Gasteiger partial charge in [0.25, 0.3) is 0 Å². The highest BCUT2D eigenvalue weighted by atomic mass is 16.4. The largest absolute Gasteiger partial charge is 0.480 e. The van der Waals surface area contributed by atoms with E-state index >= 15 is 0 Å². The van der Waals surface area contributed by atoms with Gasteiger partial charge in [-0.3, -0.25) is 4.79 Å². The Morgan fingerprint density at radius 1 is 1.56 bits per heavy atom. The van der Waals surface area contributed by atoms with Gasteiger partial charge in [-0.05, 0) is 24.0 Å². The molecule has 4 nitrogen and oxygen atoms in total. The van der Waals surface area contributed by atoms with Gasteiger partial charge in [-0.1, -0.05) is 13.8 Å². The summed E-state index contributed by atoms with van der Waals surface area (Å²) in [5.41, 5.74) is 1.11. The van der Waals surface area contributed by atoms with E-state index in [1.165, 1.54) is 0 Å². The molecule has 0 bridgehead atoms. The molecule has 1 heterocycles. The average molecular weight is 224 g/mol. The third kappa shape index (κ3) is 4.06. The van der Waals surface area contributed by atoms with Crippen LogP contribution in [0.5, 0.6) is 0 Å². The van der Waals surface area contributed by atoms with E-state index in [-0.39, 0.29) is 0 Å². The first-order chi connectivity index (χ1) is 7.49. The number of nitrogens with one attached hydrogen (secondary N) is 1. The molecule has 0 saturated heterocycles. The van der Waals surface area contributed by atoms with Crippen LogP contribution in [0.15, 0.2) is 18.5 Å². The standard InChI is InChI=1S/C12H20N2O2/c1-9(2)6-11(12(15)16)13-7-10-4-5-14(3)8-10/h4-5,8-9,11,13H,6-7H2,1-3H3,(H,15,16). The summed E-state index contributed by atoms with van der Waals surface area (Å²) in [6.07, 6.45) is 4.60. The molecular formula is C12H20N2O2. The van der Waals surface area contributed by atoms with Crippen molar-refractivity contribution in [2.45, 2.75) is 32.9 Å². The molecule has 0 aliphatic carbocycles. The first-order valence-corrected chi connectivity index (χ1v) is 5.56. The molecule has 0 aliphatic rings. The highest BCUT2D eigenvalue weighted by molar-refractivity contribution is 5.73. The van der Waals surface area contributed by atoms with Crippen LogP contribution in [0, 0.1) is 5.92 Å². The van der Waals surface area contributed by atoms with Crippen molar-refractivity contribution in [3.05, 3.63) is 24.0 Å². The van der Waals surface area contributed by atoms with E-state index in [1.54, 1.807) is 0 Å². The van der Waals surface area contributed by atoms with Gasteiger partial charge in [0.2, 0.25) is 0 Å². The molecule has 90 valence electrons. The molecule has 0 radical (unpaired) electrons. The van der Waals surface area contributed by atoms with Crippen molar-refractivity contribution < 1.29 is 9.90 Å². The van der Waals surface area contributed by atoms with Crippen molar-refractivity contribution in [3.63, 3.8) is 0 Å². The van der Waals surface area contributed by atoms with Crippen molar-refractivity contribution in [1.29, 1.82) is 0 Å². The Morgan fingerprint density at radius 2 is 2.25 bits per heavy atom. The van der Waals surface area contributed by atoms with Crippen LogP contribution in [0.25, 0.3) is 0 Å². The number of aliphatic carboxylic acids is 1. The van der Waals surface area contributed by atoms with Crippen LogP contribution in [0.3, 0.4) is 0 Å². The second-order valence-corrected chi connectivity index (χ2v) is 4.59. The van der Waals surface area contributed by atoms with Crippen molar-refractivity contribution >= 4 is 5.97 Å². The molecule has 0 aromatic carbocycles. The number of aromatic nitrogens is 1. The van der Waals surface area contributed by atoms with Crippen LogP contribution in [0.4, 0.5) is 0 Å². The number of hydrogen-bond donors (Lipinski definition) is 2. The molecule has 1 unspecified atom stereocenters. The molecule has 16 heavy (non-hydrogen) atoms. The van der Waals surface area contributed by atoms with Crippen LogP contribution in [-0.2, 0) is 18.4 Å². The van der Waals surface area contributed by atoms with Crippen LogP contribution >= 0.6 is 0 Å². The van der Waals surface area contributed by atoms with E-state index in [2.05, 4.69) is 5.32 Å². The summed E-state index contributed by atoms with van der Waals surface area (Å²) in [6.45, 7) is 4.66. The van der Waals surface area contributed by atoms with Crippen LogP contribution in [0.2, 0.25) is 0 Å². The summed E-state index contributed by atoms with van der Waals surface area (Å²) >= 11 is 0. The number of carboxylic acids is 1. The van der Waals surface area contributed by atoms with Gasteiger partial charge in [0.05, 0.1) is 0 Å². The SMILES string of the molecule is CC(C)CC(NCc1ccn(C)c1)C(=O)O. The van der Waals surface area contributed by atoms with E-state index in [1.807, 2.05) is 43.9 Å². The van der Waals surface area contributed by atoms with E-state index in [0.717, 1.165) is 5.56 Å². The van der Waals surface area contributed by atoms with Gasteiger partial charge in [-0.2, -0.15) is 0 Å². The number of carboxylic acid groups (broad SMARTS) is 1. The minimum atomic E-state index is -0.773. The first-order valence-electron chi connectivity index (χ1n) is 5.56. The second-order valence-electron chi connectivity index (χ2n) is 4.59. The number of aryl methyl sites for hydroxylation is 1. The Labute approximate surface area is 96.3 Å². The summed E-state index contributed by atoms with van der Waals surface area (Å²) in [4.78, 5) is 11.0. The first kappa shape index (κ1) is 12.8. The molecular weight excluding hydrogens is 204 g/mol. The zero-order chi connectivity index (χ0) is 12.1. The minimum absolute atomic E-state index is 0.379. The number of carbonyl (C=O) groups is 1. The lowest BCUT2D eigenvalue weighted by molar-refractivity contribution is -0.140. The molecule has 0 spiro atoms. The third-order valence-corrected chi connectivity index (χ3v) is 2.45. The highest BCUT2D eigenvalue weighted by Crippen LogP contribution is 2.06. The Balaban J connectivity index is 2.46. The van der Waals surface area contributed by atoms with Gasteiger partial charge >= 0.3 is 5.97 Å². The smallest absolute Gasteiger partial charge is 0.320 e. The average Bonchev–Trinajstić information content (AvgIpc) is 2.58. The lowest BCUT2D eigenvalue weighted by Gasteiger charge is -2.15. The van der Waals surface area contributed by atoms with Gasteiger partial charge in [-0.15, -0.1) is 0 Å². The van der Waals surface area contributed by atoms with Crippen molar-refractivity contribution in [3.8, 4) is 0 Å². The summed E-state index contributed by atoms with van der Waals surface area (Å²) in [5.74, 6) is -0.394. The molecule has 0 saturated carbocycles. The predicted molar refractivity (Wildman–Crippen MR) is 63.1 cm³/mol. The Hall–Kier alpha value is -1.29. The molecule has 0 fully saturated rings. The highest BCUT2D eigenvalue weighted by Gasteiger charge is 2.17. The summed E-state index contributed by atoms with van der Waals surface area (Å²) in [6, 6.07) is 1.53. The number of rotatable bonds is 6. The predicted octanol–water partition coefficient (Wildman–Crippen LogP) is 1.61. The molecule has 1 atom stereocenters. The van der Waals surface area contributed by atoms with Crippen molar-refractivity contribution in [1.82, 2.24) is 9.88 Å². The Bertz CT molecular complexity index is 345. The summed E-state index contributed by atoms with van der Waals surface area (Å²) in [5, 5.41) is 12.1. The number of nitrogens with zero attached hydrogens (tertiary/aromatic N) is 1. The molecule has 1 rings (SSSR count). The lowest BCUT2D eigenvalue weighted by Crippen LogP contribution is -2.37. The van der Waals surface area contributed by atoms with Crippen molar-refractivity contribution in [2.75, 3.05) is 0 Å². The number of hydrogen-bond acceptors (Lipinski definition) is 2. The normalized spacial score (nSPS) is 13.0. The maximum absolute atomic E-state index is 11.0. The van der Waals surface area contributed by atoms with Gasteiger partial charge in [-0.25, -0.2) is 0 Å². The lowest BCUT2D eigenvalue weighted by atomic mass is 10.0. The zero-order valence-corrected chi connectivity index (χ0v) is 10.1. The van der Waals surface area contributed by atoms with Gasteiger partial charge in [0.15, 0.2) is 0 Å². The molecule has 2 N–H and O–H groups in total. The van der Waals surface area contributed by atoms with Gasteiger partial charge in [0, 0.05) is 26.0 Å². The van der Waals surface area contributed by atoms with E-state index in [4.69, 9.17) is 5.11 Å². The maximum atomic E-state index is 11.0. The van der Waals surface area contributed by atoms with Crippen LogP contribution < -0.4 is 5.32 Å². The molecule has 0 aliphatic heterocycles.